The molecule has 0 fully saturated rings. The van der Waals surface area contributed by atoms with Crippen LogP contribution in [0.3, 0.4) is 0 Å². The van der Waals surface area contributed by atoms with Gasteiger partial charge in [-0.2, -0.15) is 0 Å². The topological polar surface area (TPSA) is 49.4 Å². The summed E-state index contributed by atoms with van der Waals surface area (Å²) in [4.78, 5) is 16.0. The lowest BCUT2D eigenvalue weighted by atomic mass is 10.1. The Bertz CT molecular complexity index is 273. The number of aliphatic imine (C=N–C) groups is 4. The largest absolute Gasteiger partial charge is 0.243 e. The smallest absolute Gasteiger partial charge is 0.194 e. The Morgan fingerprint density at radius 3 is 2.90 bits per heavy atom. The Hall–Kier alpha value is -1.32. The average molecular weight is 134 g/mol. The lowest BCUT2D eigenvalue weighted by Gasteiger charge is -2.16. The molecule has 0 aromatic heterocycles. The van der Waals surface area contributed by atoms with Crippen LogP contribution in [0.2, 0.25) is 0 Å². The van der Waals surface area contributed by atoms with Gasteiger partial charge in [-0.05, 0) is 6.92 Å². The molecular weight excluding hydrogens is 128 g/mol. The molecule has 2 heterocycles. The van der Waals surface area contributed by atoms with E-state index in [0.717, 1.165) is 5.71 Å². The van der Waals surface area contributed by atoms with E-state index in [9.17, 15) is 0 Å². The van der Waals surface area contributed by atoms with Crippen LogP contribution in [-0.2, 0) is 0 Å². The number of hydrogen-bond acceptors (Lipinski definition) is 4. The second kappa shape index (κ2) is 1.59. The van der Waals surface area contributed by atoms with E-state index in [1.165, 1.54) is 12.7 Å². The van der Waals surface area contributed by atoms with Crippen molar-refractivity contribution in [3.05, 3.63) is 0 Å². The summed E-state index contributed by atoms with van der Waals surface area (Å²) in [7, 11) is 0. The third kappa shape index (κ3) is 0.556. The lowest BCUT2D eigenvalue weighted by Crippen LogP contribution is -2.31. The first-order valence-corrected chi connectivity index (χ1v) is 3.00. The van der Waals surface area contributed by atoms with Gasteiger partial charge in [-0.1, -0.05) is 0 Å². The highest BCUT2D eigenvalue weighted by molar-refractivity contribution is 6.39. The van der Waals surface area contributed by atoms with Gasteiger partial charge in [0.05, 0.1) is 6.21 Å². The van der Waals surface area contributed by atoms with Crippen molar-refractivity contribution in [2.24, 2.45) is 20.0 Å². The molecule has 10 heavy (non-hydrogen) atoms. The van der Waals surface area contributed by atoms with E-state index < -0.39 is 5.66 Å². The molecule has 50 valence electrons. The highest BCUT2D eigenvalue weighted by Gasteiger charge is 2.31. The van der Waals surface area contributed by atoms with Crippen molar-refractivity contribution in [3.63, 3.8) is 0 Å². The summed E-state index contributed by atoms with van der Waals surface area (Å²) < 4.78 is 0. The van der Waals surface area contributed by atoms with Crippen LogP contribution in [0.25, 0.3) is 0 Å². The van der Waals surface area contributed by atoms with E-state index in [4.69, 9.17) is 0 Å². The number of hydrogen-bond donors (Lipinski definition) is 0. The molecule has 1 unspecified atom stereocenters. The Morgan fingerprint density at radius 1 is 1.30 bits per heavy atom. The number of nitrogens with zero attached hydrogens (tertiary/aromatic N) is 4. The van der Waals surface area contributed by atoms with Crippen molar-refractivity contribution in [1.29, 1.82) is 0 Å². The first kappa shape index (κ1) is 5.46. The Kier molecular flexibility index (Phi) is 0.869. The van der Waals surface area contributed by atoms with E-state index in [1.54, 1.807) is 6.21 Å². The molecule has 0 bridgehead atoms. The maximum atomic E-state index is 4.07. The maximum Gasteiger partial charge on any atom is 0.194 e. The van der Waals surface area contributed by atoms with Gasteiger partial charge < -0.3 is 0 Å². The molecule has 4 nitrogen and oxygen atoms in total. The molecule has 0 aromatic rings. The normalized spacial score (nSPS) is 34.3. The van der Waals surface area contributed by atoms with Crippen LogP contribution in [0.1, 0.15) is 6.92 Å². The molecule has 0 saturated carbocycles. The van der Waals surface area contributed by atoms with Crippen LogP contribution in [-0.4, -0.2) is 30.3 Å². The minimum atomic E-state index is -0.470. The molecule has 2 aliphatic heterocycles. The van der Waals surface area contributed by atoms with Crippen molar-refractivity contribution in [2.45, 2.75) is 12.6 Å². The quantitative estimate of drug-likeness (QED) is 0.457. The first-order chi connectivity index (χ1) is 4.81. The third-order valence-corrected chi connectivity index (χ3v) is 1.56. The summed E-state index contributed by atoms with van der Waals surface area (Å²) in [6, 6.07) is 0. The van der Waals surface area contributed by atoms with Gasteiger partial charge in [0.2, 0.25) is 0 Å². The summed E-state index contributed by atoms with van der Waals surface area (Å²) in [6.45, 7) is 1.90. The highest BCUT2D eigenvalue weighted by Crippen LogP contribution is 2.18. The molecule has 0 amide bonds. The second-order valence-electron chi connectivity index (χ2n) is 2.30. The van der Waals surface area contributed by atoms with Crippen LogP contribution < -0.4 is 0 Å². The SMILES string of the molecule is CC12N=CN=CC1=NC=N2. The summed E-state index contributed by atoms with van der Waals surface area (Å²) in [5, 5.41) is 0. The summed E-state index contributed by atoms with van der Waals surface area (Å²) in [5.41, 5.74) is 0.344. The van der Waals surface area contributed by atoms with Gasteiger partial charge in [-0.15, -0.1) is 0 Å². The van der Waals surface area contributed by atoms with Crippen LogP contribution in [0.15, 0.2) is 20.0 Å². The van der Waals surface area contributed by atoms with E-state index in [1.807, 2.05) is 6.92 Å². The van der Waals surface area contributed by atoms with Gasteiger partial charge >= 0.3 is 0 Å². The first-order valence-electron chi connectivity index (χ1n) is 3.00. The van der Waals surface area contributed by atoms with Gasteiger partial charge in [0.15, 0.2) is 5.66 Å². The maximum absolute atomic E-state index is 4.07. The van der Waals surface area contributed by atoms with Crippen molar-refractivity contribution in [3.8, 4) is 0 Å². The van der Waals surface area contributed by atoms with E-state index in [2.05, 4.69) is 20.0 Å². The standard InChI is InChI=1S/C6H6N4/c1-6-5(8-4-10-6)2-7-3-9-6/h2-4H,1H3. The fourth-order valence-corrected chi connectivity index (χ4v) is 0.897. The van der Waals surface area contributed by atoms with Crippen LogP contribution >= 0.6 is 0 Å². The monoisotopic (exact) mass is 134 g/mol. The molecule has 0 aliphatic carbocycles. The Balaban J connectivity index is 2.51. The van der Waals surface area contributed by atoms with Gasteiger partial charge in [-0.3, -0.25) is 0 Å². The van der Waals surface area contributed by atoms with Crippen molar-refractivity contribution >= 4 is 24.6 Å². The molecule has 1 atom stereocenters. The molecule has 0 spiro atoms. The molecular formula is C6H6N4. The van der Waals surface area contributed by atoms with Gasteiger partial charge in [-0.25, -0.2) is 20.0 Å². The zero-order valence-electron chi connectivity index (χ0n) is 5.52. The van der Waals surface area contributed by atoms with E-state index in [0.29, 0.717) is 0 Å². The van der Waals surface area contributed by atoms with Gasteiger partial charge in [0, 0.05) is 0 Å². The number of rotatable bonds is 0. The zero-order valence-corrected chi connectivity index (χ0v) is 5.52. The highest BCUT2D eigenvalue weighted by atomic mass is 15.2. The average Bonchev–Trinajstić information content (AvgIpc) is 2.29. The summed E-state index contributed by atoms with van der Waals surface area (Å²) in [5.74, 6) is 0. The third-order valence-electron chi connectivity index (χ3n) is 1.56. The fourth-order valence-electron chi connectivity index (χ4n) is 0.897. The van der Waals surface area contributed by atoms with Gasteiger partial charge in [0.1, 0.15) is 18.4 Å². The molecule has 0 N–H and O–H groups in total. The minimum absolute atomic E-state index is 0.470. The lowest BCUT2D eigenvalue weighted by molar-refractivity contribution is 0.688. The molecule has 4 heteroatoms. The fraction of sp³-hybridized carbons (Fsp3) is 0.333. The van der Waals surface area contributed by atoms with E-state index in [-0.39, 0.29) is 0 Å². The second-order valence-corrected chi connectivity index (χ2v) is 2.30. The summed E-state index contributed by atoms with van der Waals surface area (Å²) in [6.07, 6.45) is 4.70. The number of fused-ring (bicyclic) bond motifs is 1. The van der Waals surface area contributed by atoms with E-state index >= 15 is 0 Å². The molecule has 2 aliphatic rings. The zero-order chi connectivity index (χ0) is 7.03. The molecule has 0 saturated heterocycles. The van der Waals surface area contributed by atoms with Crippen molar-refractivity contribution < 1.29 is 0 Å². The van der Waals surface area contributed by atoms with Gasteiger partial charge in [0.25, 0.3) is 0 Å². The molecule has 0 radical (unpaired) electrons. The Morgan fingerprint density at radius 2 is 2.10 bits per heavy atom. The molecule has 2 rings (SSSR count). The van der Waals surface area contributed by atoms with Crippen LogP contribution in [0, 0.1) is 0 Å². The predicted octanol–water partition coefficient (Wildman–Crippen LogP) is 0.298. The van der Waals surface area contributed by atoms with Crippen LogP contribution in [0.5, 0.6) is 0 Å². The van der Waals surface area contributed by atoms with Crippen molar-refractivity contribution in [2.75, 3.05) is 0 Å². The van der Waals surface area contributed by atoms with Crippen LogP contribution in [0.4, 0.5) is 0 Å². The summed E-state index contributed by atoms with van der Waals surface area (Å²) >= 11 is 0. The van der Waals surface area contributed by atoms with Crippen molar-refractivity contribution in [1.82, 2.24) is 0 Å². The molecule has 0 aromatic carbocycles. The minimum Gasteiger partial charge on any atom is -0.243 e. The Labute approximate surface area is 58.1 Å². The predicted molar refractivity (Wildman–Crippen MR) is 41.3 cm³/mol.